The molecule has 1 atom stereocenters. The Morgan fingerprint density at radius 1 is 1.36 bits per heavy atom. The summed E-state index contributed by atoms with van der Waals surface area (Å²) in [5.41, 5.74) is 2.27. The van der Waals surface area contributed by atoms with Gasteiger partial charge in [-0.3, -0.25) is 4.79 Å². The first-order valence-corrected chi connectivity index (χ1v) is 4.68. The number of hydrogen-bond donors (Lipinski definition) is 0. The van der Waals surface area contributed by atoms with Crippen LogP contribution in [0.2, 0.25) is 0 Å². The first-order chi connectivity index (χ1) is 6.77. The molecular formula is C12H12O2. The number of ketones is 1. The number of rotatable bonds is 1. The lowest BCUT2D eigenvalue weighted by Gasteiger charge is -2.20. The molecule has 2 rings (SSSR count). The Morgan fingerprint density at radius 3 is 2.86 bits per heavy atom. The maximum absolute atomic E-state index is 11.2. The fourth-order valence-corrected chi connectivity index (χ4v) is 1.64. The van der Waals surface area contributed by atoms with Crippen molar-refractivity contribution in [3.05, 3.63) is 47.7 Å². The monoisotopic (exact) mass is 188 g/mol. The molecule has 0 N–H and O–H groups in total. The Bertz CT molecular complexity index is 380. The van der Waals surface area contributed by atoms with E-state index in [1.807, 2.05) is 31.2 Å². The van der Waals surface area contributed by atoms with Gasteiger partial charge >= 0.3 is 0 Å². The molecule has 2 nitrogen and oxygen atoms in total. The van der Waals surface area contributed by atoms with Crippen LogP contribution in [0.15, 0.2) is 36.6 Å². The van der Waals surface area contributed by atoms with Gasteiger partial charge in [-0.05, 0) is 18.1 Å². The van der Waals surface area contributed by atoms with Crippen LogP contribution < -0.4 is 0 Å². The van der Waals surface area contributed by atoms with Crippen molar-refractivity contribution >= 4 is 5.78 Å². The van der Waals surface area contributed by atoms with Crippen LogP contribution in [-0.4, -0.2) is 5.78 Å². The van der Waals surface area contributed by atoms with Gasteiger partial charge in [-0.15, -0.1) is 0 Å². The third-order valence-electron chi connectivity index (χ3n) is 2.42. The van der Waals surface area contributed by atoms with Crippen LogP contribution in [-0.2, 0) is 9.53 Å². The zero-order valence-corrected chi connectivity index (χ0v) is 8.07. The van der Waals surface area contributed by atoms with E-state index in [0.29, 0.717) is 6.42 Å². The molecule has 1 heterocycles. The number of aryl methyl sites for hydroxylation is 1. The summed E-state index contributed by atoms with van der Waals surface area (Å²) < 4.78 is 5.41. The van der Waals surface area contributed by atoms with Gasteiger partial charge in [-0.1, -0.05) is 24.3 Å². The maximum atomic E-state index is 11.2. The highest BCUT2D eigenvalue weighted by atomic mass is 16.5. The van der Waals surface area contributed by atoms with Crippen LogP contribution in [0.1, 0.15) is 23.7 Å². The van der Waals surface area contributed by atoms with Crippen LogP contribution in [0.5, 0.6) is 0 Å². The Labute approximate surface area is 83.2 Å². The molecule has 0 radical (unpaired) electrons. The number of allylic oxidation sites excluding steroid dienone is 1. The zero-order valence-electron chi connectivity index (χ0n) is 8.07. The van der Waals surface area contributed by atoms with Gasteiger partial charge in [0, 0.05) is 6.08 Å². The second kappa shape index (κ2) is 3.66. The zero-order chi connectivity index (χ0) is 9.97. The van der Waals surface area contributed by atoms with Crippen molar-refractivity contribution in [2.24, 2.45) is 0 Å². The highest BCUT2D eigenvalue weighted by Gasteiger charge is 2.19. The smallest absolute Gasteiger partial charge is 0.162 e. The van der Waals surface area contributed by atoms with Gasteiger partial charge in [0.05, 0.1) is 12.7 Å². The standard InChI is InChI=1S/C12H12O2/c1-9-4-2-3-5-11(9)12-8-10(13)6-7-14-12/h2-7,12H,8H2,1H3/t12-/m0/s1. The van der Waals surface area contributed by atoms with E-state index in [1.165, 1.54) is 17.9 Å². The van der Waals surface area contributed by atoms with Gasteiger partial charge < -0.3 is 4.74 Å². The molecule has 0 fully saturated rings. The Hall–Kier alpha value is -1.57. The SMILES string of the molecule is Cc1ccccc1[C@@H]1CC(=O)C=CO1. The topological polar surface area (TPSA) is 26.3 Å². The van der Waals surface area contributed by atoms with Crippen molar-refractivity contribution in [1.29, 1.82) is 0 Å². The lowest BCUT2D eigenvalue weighted by atomic mass is 9.98. The normalized spacial score (nSPS) is 20.6. The fraction of sp³-hybridized carbons (Fsp3) is 0.250. The van der Waals surface area contributed by atoms with E-state index in [0.717, 1.165) is 5.56 Å². The lowest BCUT2D eigenvalue weighted by molar-refractivity contribution is -0.118. The molecule has 0 aliphatic carbocycles. The molecule has 1 aliphatic rings. The third kappa shape index (κ3) is 1.69. The maximum Gasteiger partial charge on any atom is 0.162 e. The highest BCUT2D eigenvalue weighted by Crippen LogP contribution is 2.27. The Kier molecular flexibility index (Phi) is 2.35. The van der Waals surface area contributed by atoms with Crippen LogP contribution in [0.25, 0.3) is 0 Å². The van der Waals surface area contributed by atoms with Gasteiger partial charge in [0.25, 0.3) is 0 Å². The fourth-order valence-electron chi connectivity index (χ4n) is 1.64. The quantitative estimate of drug-likeness (QED) is 0.677. The highest BCUT2D eigenvalue weighted by molar-refractivity contribution is 5.90. The van der Waals surface area contributed by atoms with Gasteiger partial charge in [-0.25, -0.2) is 0 Å². The molecule has 1 aromatic carbocycles. The van der Waals surface area contributed by atoms with Gasteiger partial charge in [-0.2, -0.15) is 0 Å². The van der Waals surface area contributed by atoms with E-state index in [-0.39, 0.29) is 11.9 Å². The van der Waals surface area contributed by atoms with Gasteiger partial charge in [0.1, 0.15) is 6.10 Å². The summed E-state index contributed by atoms with van der Waals surface area (Å²) in [6.45, 7) is 2.03. The van der Waals surface area contributed by atoms with E-state index >= 15 is 0 Å². The Balaban J connectivity index is 2.28. The largest absolute Gasteiger partial charge is 0.493 e. The second-order valence-corrected chi connectivity index (χ2v) is 3.45. The summed E-state index contributed by atoms with van der Waals surface area (Å²) in [6.07, 6.45) is 3.31. The number of carbonyl (C=O) groups is 1. The first kappa shape index (κ1) is 9.00. The molecule has 1 aromatic rings. The summed E-state index contributed by atoms with van der Waals surface area (Å²) in [6, 6.07) is 7.99. The second-order valence-electron chi connectivity index (χ2n) is 3.45. The summed E-state index contributed by atoms with van der Waals surface area (Å²) in [7, 11) is 0. The van der Waals surface area contributed by atoms with Crippen molar-refractivity contribution < 1.29 is 9.53 Å². The van der Waals surface area contributed by atoms with E-state index in [1.54, 1.807) is 0 Å². The third-order valence-corrected chi connectivity index (χ3v) is 2.42. The average Bonchev–Trinajstić information content (AvgIpc) is 2.18. The molecule has 0 saturated heterocycles. The van der Waals surface area contributed by atoms with Crippen molar-refractivity contribution in [3.63, 3.8) is 0 Å². The van der Waals surface area contributed by atoms with Crippen LogP contribution >= 0.6 is 0 Å². The van der Waals surface area contributed by atoms with E-state index in [4.69, 9.17) is 4.74 Å². The molecule has 0 saturated carbocycles. The van der Waals surface area contributed by atoms with Crippen LogP contribution in [0.3, 0.4) is 0 Å². The molecule has 0 aromatic heterocycles. The Morgan fingerprint density at radius 2 is 2.14 bits per heavy atom. The van der Waals surface area contributed by atoms with Gasteiger partial charge in [0.2, 0.25) is 0 Å². The molecule has 72 valence electrons. The number of hydrogen-bond acceptors (Lipinski definition) is 2. The molecule has 14 heavy (non-hydrogen) atoms. The van der Waals surface area contributed by atoms with E-state index in [9.17, 15) is 4.79 Å². The lowest BCUT2D eigenvalue weighted by Crippen LogP contribution is -2.12. The van der Waals surface area contributed by atoms with Crippen molar-refractivity contribution in [3.8, 4) is 0 Å². The molecule has 0 spiro atoms. The summed E-state index contributed by atoms with van der Waals surface area (Å²) in [5, 5.41) is 0. The van der Waals surface area contributed by atoms with Gasteiger partial charge in [0.15, 0.2) is 5.78 Å². The summed E-state index contributed by atoms with van der Waals surface area (Å²) in [5.74, 6) is 0.129. The van der Waals surface area contributed by atoms with E-state index < -0.39 is 0 Å². The predicted octanol–water partition coefficient (Wildman–Crippen LogP) is 2.54. The number of benzene rings is 1. The minimum Gasteiger partial charge on any atom is -0.493 e. The molecule has 0 unspecified atom stereocenters. The minimum atomic E-state index is -0.103. The van der Waals surface area contributed by atoms with Crippen molar-refractivity contribution in [2.75, 3.05) is 0 Å². The molecular weight excluding hydrogens is 176 g/mol. The molecule has 1 aliphatic heterocycles. The van der Waals surface area contributed by atoms with Crippen molar-refractivity contribution in [2.45, 2.75) is 19.4 Å². The van der Waals surface area contributed by atoms with E-state index in [2.05, 4.69) is 0 Å². The number of carbonyl (C=O) groups excluding carboxylic acids is 1. The number of ether oxygens (including phenoxy) is 1. The summed E-state index contributed by atoms with van der Waals surface area (Å²) in [4.78, 5) is 11.2. The van der Waals surface area contributed by atoms with Crippen LogP contribution in [0, 0.1) is 6.92 Å². The van der Waals surface area contributed by atoms with Crippen molar-refractivity contribution in [1.82, 2.24) is 0 Å². The summed E-state index contributed by atoms with van der Waals surface area (Å²) >= 11 is 0. The molecule has 2 heteroatoms. The average molecular weight is 188 g/mol. The molecule has 0 bridgehead atoms. The van der Waals surface area contributed by atoms with Crippen LogP contribution in [0.4, 0.5) is 0 Å². The first-order valence-electron chi connectivity index (χ1n) is 4.68. The minimum absolute atomic E-state index is 0.103. The predicted molar refractivity (Wildman–Crippen MR) is 53.8 cm³/mol. The molecule has 0 amide bonds.